The van der Waals surface area contributed by atoms with Crippen LogP contribution in [0.25, 0.3) is 0 Å². The number of ether oxygens (including phenoxy) is 1. The van der Waals surface area contributed by atoms with Crippen LogP contribution in [0.4, 0.5) is 0 Å². The van der Waals surface area contributed by atoms with Gasteiger partial charge in [0.05, 0.1) is 12.3 Å². The second-order valence-electron chi connectivity index (χ2n) is 7.33. The number of para-hydroxylation sites is 1. The fourth-order valence-electron chi connectivity index (χ4n) is 2.86. The number of rotatable bonds is 10. The van der Waals surface area contributed by atoms with Crippen molar-refractivity contribution >= 4 is 40.0 Å². The molecule has 0 aliphatic rings. The van der Waals surface area contributed by atoms with Crippen LogP contribution in [0.3, 0.4) is 0 Å². The first-order valence-corrected chi connectivity index (χ1v) is 11.6. The van der Waals surface area contributed by atoms with Gasteiger partial charge in [-0.2, -0.15) is 0 Å². The first-order valence-electron chi connectivity index (χ1n) is 9.96. The third-order valence-electron chi connectivity index (χ3n) is 4.26. The zero-order chi connectivity index (χ0) is 22.0. The molecule has 0 saturated heterocycles. The van der Waals surface area contributed by atoms with Crippen LogP contribution >= 0.6 is 24.0 Å². The molecule has 0 aromatic heterocycles. The van der Waals surface area contributed by atoms with E-state index in [9.17, 15) is 8.42 Å². The summed E-state index contributed by atoms with van der Waals surface area (Å²) in [5.74, 6) is 1.59. The van der Waals surface area contributed by atoms with Crippen molar-refractivity contribution in [1.29, 1.82) is 0 Å². The predicted molar refractivity (Wildman–Crippen MR) is 138 cm³/mol. The normalized spacial score (nSPS) is 11.7. The molecule has 172 valence electrons. The van der Waals surface area contributed by atoms with Gasteiger partial charge in [-0.15, -0.1) is 24.0 Å². The van der Waals surface area contributed by atoms with Crippen LogP contribution in [0.1, 0.15) is 25.0 Å². The Morgan fingerprint density at radius 1 is 1.06 bits per heavy atom. The zero-order valence-corrected chi connectivity index (χ0v) is 21.7. The van der Waals surface area contributed by atoms with Crippen molar-refractivity contribution < 1.29 is 13.2 Å². The van der Waals surface area contributed by atoms with E-state index in [1.54, 1.807) is 7.05 Å². The zero-order valence-electron chi connectivity index (χ0n) is 18.5. The molecule has 2 rings (SSSR count). The monoisotopic (exact) mass is 560 g/mol. The van der Waals surface area contributed by atoms with E-state index in [4.69, 9.17) is 4.74 Å². The third-order valence-corrected chi connectivity index (χ3v) is 5.80. The van der Waals surface area contributed by atoms with E-state index in [2.05, 4.69) is 15.0 Å². The maximum atomic E-state index is 12.0. The maximum Gasteiger partial charge on any atom is 0.216 e. The molecule has 0 heterocycles. The highest BCUT2D eigenvalue weighted by Gasteiger charge is 2.13. The van der Waals surface area contributed by atoms with Gasteiger partial charge in [-0.1, -0.05) is 42.5 Å². The van der Waals surface area contributed by atoms with E-state index in [-0.39, 0.29) is 35.8 Å². The van der Waals surface area contributed by atoms with E-state index < -0.39 is 10.0 Å². The number of sulfonamides is 1. The molecule has 0 aliphatic carbocycles. The number of nitrogens with one attached hydrogen (secondary N) is 2. The molecule has 0 radical (unpaired) electrons. The first kappa shape index (κ1) is 27.2. The van der Waals surface area contributed by atoms with Gasteiger partial charge >= 0.3 is 0 Å². The van der Waals surface area contributed by atoms with E-state index in [0.717, 1.165) is 22.8 Å². The molecule has 2 aromatic carbocycles. The number of benzene rings is 2. The third kappa shape index (κ3) is 10.3. The van der Waals surface area contributed by atoms with Crippen molar-refractivity contribution in [2.24, 2.45) is 4.99 Å². The van der Waals surface area contributed by atoms with E-state index >= 15 is 0 Å². The van der Waals surface area contributed by atoms with Crippen LogP contribution in [0.15, 0.2) is 59.6 Å². The highest BCUT2D eigenvalue weighted by atomic mass is 127. The molecule has 0 fully saturated rings. The molecule has 0 spiro atoms. The quantitative estimate of drug-likeness (QED) is 0.265. The Labute approximate surface area is 203 Å². The van der Waals surface area contributed by atoms with Gasteiger partial charge in [-0.05, 0) is 37.1 Å². The lowest BCUT2D eigenvalue weighted by molar-refractivity contribution is 0.281. The lowest BCUT2D eigenvalue weighted by Crippen LogP contribution is -2.40. The van der Waals surface area contributed by atoms with Crippen LogP contribution < -0.4 is 14.8 Å². The van der Waals surface area contributed by atoms with E-state index in [1.165, 1.54) is 0 Å². The molecule has 0 amide bonds. The molecule has 7 nitrogen and oxygen atoms in total. The Bertz CT molecular complexity index is 904. The van der Waals surface area contributed by atoms with Crippen molar-refractivity contribution in [1.82, 2.24) is 14.9 Å². The fourth-order valence-corrected chi connectivity index (χ4v) is 4.30. The molecule has 0 saturated carbocycles. The average Bonchev–Trinajstić information content (AvgIpc) is 2.69. The molecule has 2 aromatic rings. The summed E-state index contributed by atoms with van der Waals surface area (Å²) in [6.45, 7) is 5.45. The highest BCUT2D eigenvalue weighted by Crippen LogP contribution is 2.09. The van der Waals surface area contributed by atoms with E-state index in [0.29, 0.717) is 19.7 Å². The summed E-state index contributed by atoms with van der Waals surface area (Å²) in [6, 6.07) is 17.1. The SMILES string of the molecule is CN=C(NCc1ccc(CS(=O)(=O)NC(C)C)cc1)N(C)CCOc1ccccc1.I. The van der Waals surface area contributed by atoms with Crippen molar-refractivity contribution in [2.45, 2.75) is 32.2 Å². The van der Waals surface area contributed by atoms with Gasteiger partial charge in [0, 0.05) is 26.7 Å². The van der Waals surface area contributed by atoms with Gasteiger partial charge in [-0.25, -0.2) is 13.1 Å². The van der Waals surface area contributed by atoms with Crippen LogP contribution in [0.5, 0.6) is 5.75 Å². The topological polar surface area (TPSA) is 83.0 Å². The van der Waals surface area contributed by atoms with Crippen LogP contribution in [-0.2, 0) is 22.3 Å². The molecular weight excluding hydrogens is 527 g/mol. The van der Waals surface area contributed by atoms with Gasteiger partial charge in [0.2, 0.25) is 10.0 Å². The van der Waals surface area contributed by atoms with Crippen molar-refractivity contribution in [3.8, 4) is 5.75 Å². The maximum absolute atomic E-state index is 12.0. The first-order chi connectivity index (χ1) is 14.3. The molecular formula is C22H33IN4O3S. The summed E-state index contributed by atoms with van der Waals surface area (Å²) in [5, 5.41) is 3.32. The van der Waals surface area contributed by atoms with Crippen LogP contribution in [-0.4, -0.2) is 52.6 Å². The summed E-state index contributed by atoms with van der Waals surface area (Å²) in [5.41, 5.74) is 1.80. The van der Waals surface area contributed by atoms with Gasteiger partial charge < -0.3 is 15.0 Å². The van der Waals surface area contributed by atoms with E-state index in [1.807, 2.05) is 80.4 Å². The molecule has 0 atom stereocenters. The molecule has 0 unspecified atom stereocenters. The van der Waals surface area contributed by atoms with Crippen molar-refractivity contribution in [2.75, 3.05) is 27.2 Å². The van der Waals surface area contributed by atoms with Gasteiger partial charge in [0.1, 0.15) is 12.4 Å². The summed E-state index contributed by atoms with van der Waals surface area (Å²) in [4.78, 5) is 6.31. The summed E-state index contributed by atoms with van der Waals surface area (Å²) < 4.78 is 32.4. The second kappa shape index (κ2) is 13.5. The Kier molecular flexibility index (Phi) is 11.9. The number of likely N-dealkylation sites (N-methyl/N-ethyl adjacent to an activating group) is 1. The Morgan fingerprint density at radius 3 is 2.26 bits per heavy atom. The van der Waals surface area contributed by atoms with Crippen molar-refractivity contribution in [3.05, 3.63) is 65.7 Å². The molecule has 9 heteroatoms. The summed E-state index contributed by atoms with van der Waals surface area (Å²) in [6.07, 6.45) is 0. The molecule has 2 N–H and O–H groups in total. The fraction of sp³-hybridized carbons (Fsp3) is 0.409. The number of aliphatic imine (C=N–C) groups is 1. The molecule has 0 aliphatic heterocycles. The molecule has 0 bridgehead atoms. The minimum atomic E-state index is -3.32. The number of guanidine groups is 1. The smallest absolute Gasteiger partial charge is 0.216 e. The largest absolute Gasteiger partial charge is 0.492 e. The minimum absolute atomic E-state index is 0. The van der Waals surface area contributed by atoms with Crippen molar-refractivity contribution in [3.63, 3.8) is 0 Å². The highest BCUT2D eigenvalue weighted by molar-refractivity contribution is 14.0. The van der Waals surface area contributed by atoms with Crippen LogP contribution in [0.2, 0.25) is 0 Å². The lowest BCUT2D eigenvalue weighted by Gasteiger charge is -2.22. The number of hydrogen-bond donors (Lipinski definition) is 2. The standard InChI is InChI=1S/C22H32N4O3S.HI/c1-18(2)25-30(27,28)17-20-12-10-19(11-13-20)16-24-22(23-3)26(4)14-15-29-21-8-6-5-7-9-21;/h5-13,18,25H,14-17H2,1-4H3,(H,23,24);1H. The number of halogens is 1. The lowest BCUT2D eigenvalue weighted by atomic mass is 10.1. The minimum Gasteiger partial charge on any atom is -0.492 e. The number of nitrogens with zero attached hydrogens (tertiary/aromatic N) is 2. The average molecular weight is 561 g/mol. The predicted octanol–water partition coefficient (Wildman–Crippen LogP) is 3.22. The van der Waals surface area contributed by atoms with Crippen LogP contribution in [0, 0.1) is 0 Å². The summed E-state index contributed by atoms with van der Waals surface area (Å²) >= 11 is 0. The van der Waals surface area contributed by atoms with Gasteiger partial charge in [0.25, 0.3) is 0 Å². The second-order valence-corrected chi connectivity index (χ2v) is 9.09. The summed E-state index contributed by atoms with van der Waals surface area (Å²) in [7, 11) is 0.380. The van der Waals surface area contributed by atoms with Gasteiger partial charge in [-0.3, -0.25) is 4.99 Å². The Morgan fingerprint density at radius 2 is 1.68 bits per heavy atom. The van der Waals surface area contributed by atoms with Gasteiger partial charge in [0.15, 0.2) is 5.96 Å². The Hall–Kier alpha value is -1.85. The molecule has 31 heavy (non-hydrogen) atoms. The Balaban J connectivity index is 0.00000480. The number of hydrogen-bond acceptors (Lipinski definition) is 4.